The Labute approximate surface area is 228 Å². The van der Waals surface area contributed by atoms with Gasteiger partial charge in [0.1, 0.15) is 23.3 Å². The highest BCUT2D eigenvalue weighted by Crippen LogP contribution is 2.35. The van der Waals surface area contributed by atoms with Crippen LogP contribution < -0.4 is 21.3 Å². The summed E-state index contributed by atoms with van der Waals surface area (Å²) in [6.45, 7) is 3.47. The van der Waals surface area contributed by atoms with Crippen LogP contribution in [0.5, 0.6) is 0 Å². The molecule has 2 aromatic carbocycles. The van der Waals surface area contributed by atoms with Crippen molar-refractivity contribution < 1.29 is 29.1 Å². The molecule has 1 fully saturated rings. The summed E-state index contributed by atoms with van der Waals surface area (Å²) in [7, 11) is 0. The minimum atomic E-state index is -1.22. The number of aromatic carboxylic acids is 1. The average Bonchev–Trinajstić information content (AvgIpc) is 3.47. The molecular formula is C28H26N6O6. The zero-order chi connectivity index (χ0) is 28.6. The Morgan fingerprint density at radius 2 is 1.82 bits per heavy atom. The SMILES string of the molecule is Cc1c(C(=O)O)ccc2c1CC[C@@H]2NC(=O)c1cc(C(=O)NCc2cccc(C3(C)NC(=O)NC3=O)c2)ncn1. The number of amides is 5. The van der Waals surface area contributed by atoms with Gasteiger partial charge in [0.2, 0.25) is 0 Å². The number of urea groups is 1. The van der Waals surface area contributed by atoms with Crippen LogP contribution >= 0.6 is 0 Å². The van der Waals surface area contributed by atoms with E-state index in [1.165, 1.54) is 6.07 Å². The number of aromatic nitrogens is 2. The number of carboxylic acids is 1. The fourth-order valence-electron chi connectivity index (χ4n) is 5.11. The first-order chi connectivity index (χ1) is 19.1. The smallest absolute Gasteiger partial charge is 0.335 e. The van der Waals surface area contributed by atoms with Crippen molar-refractivity contribution in [3.05, 3.63) is 93.6 Å². The molecule has 5 amide bonds. The van der Waals surface area contributed by atoms with Crippen molar-refractivity contribution in [1.82, 2.24) is 31.2 Å². The lowest BCUT2D eigenvalue weighted by Crippen LogP contribution is -2.40. The monoisotopic (exact) mass is 542 g/mol. The van der Waals surface area contributed by atoms with Crippen LogP contribution in [0.15, 0.2) is 48.8 Å². The first-order valence-corrected chi connectivity index (χ1v) is 12.6. The van der Waals surface area contributed by atoms with E-state index in [0.717, 1.165) is 17.5 Å². The largest absolute Gasteiger partial charge is 0.478 e. The molecule has 5 rings (SSSR count). The Morgan fingerprint density at radius 3 is 2.52 bits per heavy atom. The van der Waals surface area contributed by atoms with Gasteiger partial charge in [-0.05, 0) is 60.6 Å². The van der Waals surface area contributed by atoms with Gasteiger partial charge >= 0.3 is 12.0 Å². The van der Waals surface area contributed by atoms with Crippen molar-refractivity contribution in [3.63, 3.8) is 0 Å². The van der Waals surface area contributed by atoms with Crippen LogP contribution in [0.3, 0.4) is 0 Å². The molecule has 3 aromatic rings. The normalized spacial score (nSPS) is 19.4. The number of hydrogen-bond donors (Lipinski definition) is 5. The van der Waals surface area contributed by atoms with Crippen molar-refractivity contribution in [2.24, 2.45) is 0 Å². The molecule has 2 heterocycles. The molecule has 12 heteroatoms. The number of carboxylic acid groups (broad SMARTS) is 1. The summed E-state index contributed by atoms with van der Waals surface area (Å²) in [6, 6.07) is 10.6. The van der Waals surface area contributed by atoms with E-state index in [-0.39, 0.29) is 29.5 Å². The van der Waals surface area contributed by atoms with Gasteiger partial charge in [-0.25, -0.2) is 19.6 Å². The predicted octanol–water partition coefficient (Wildman–Crippen LogP) is 1.89. The summed E-state index contributed by atoms with van der Waals surface area (Å²) in [5.41, 5.74) is 2.78. The van der Waals surface area contributed by atoms with Gasteiger partial charge in [-0.1, -0.05) is 30.3 Å². The van der Waals surface area contributed by atoms with Gasteiger partial charge in [0.25, 0.3) is 17.7 Å². The van der Waals surface area contributed by atoms with Crippen molar-refractivity contribution in [3.8, 4) is 0 Å². The van der Waals surface area contributed by atoms with E-state index in [4.69, 9.17) is 0 Å². The molecule has 204 valence electrons. The third-order valence-corrected chi connectivity index (χ3v) is 7.36. The molecule has 12 nitrogen and oxygen atoms in total. The summed E-state index contributed by atoms with van der Waals surface area (Å²) < 4.78 is 0. The molecule has 1 aromatic heterocycles. The van der Waals surface area contributed by atoms with Crippen LogP contribution in [0.1, 0.15) is 78.5 Å². The second kappa shape index (κ2) is 10.2. The lowest BCUT2D eigenvalue weighted by Gasteiger charge is -2.21. The Kier molecular flexibility index (Phi) is 6.76. The van der Waals surface area contributed by atoms with E-state index in [1.807, 2.05) is 0 Å². The maximum atomic E-state index is 13.0. The summed E-state index contributed by atoms with van der Waals surface area (Å²) in [5.74, 6) is -2.46. The Morgan fingerprint density at radius 1 is 1.07 bits per heavy atom. The molecule has 0 bridgehead atoms. The topological polar surface area (TPSA) is 179 Å². The summed E-state index contributed by atoms with van der Waals surface area (Å²) in [4.78, 5) is 69.1. The molecule has 40 heavy (non-hydrogen) atoms. The van der Waals surface area contributed by atoms with E-state index in [2.05, 4.69) is 31.2 Å². The number of carbonyl (C=O) groups excluding carboxylic acids is 4. The van der Waals surface area contributed by atoms with Crippen LogP contribution in [0.4, 0.5) is 4.79 Å². The number of rotatable bonds is 7. The van der Waals surface area contributed by atoms with Gasteiger partial charge in [-0.15, -0.1) is 0 Å². The number of carbonyl (C=O) groups is 5. The van der Waals surface area contributed by atoms with Crippen molar-refractivity contribution in [1.29, 1.82) is 0 Å². The number of imide groups is 1. The number of nitrogens with zero attached hydrogens (tertiary/aromatic N) is 2. The molecule has 1 saturated heterocycles. The third kappa shape index (κ3) is 4.86. The van der Waals surface area contributed by atoms with Gasteiger partial charge in [-0.3, -0.25) is 19.7 Å². The van der Waals surface area contributed by atoms with Crippen LogP contribution in [0, 0.1) is 6.92 Å². The fraction of sp³-hybridized carbons (Fsp3) is 0.250. The van der Waals surface area contributed by atoms with Crippen LogP contribution in [-0.2, 0) is 23.3 Å². The summed E-state index contributed by atoms with van der Waals surface area (Å²) >= 11 is 0. The maximum Gasteiger partial charge on any atom is 0.335 e. The van der Waals surface area contributed by atoms with Crippen molar-refractivity contribution >= 4 is 29.7 Å². The fourth-order valence-corrected chi connectivity index (χ4v) is 5.11. The highest BCUT2D eigenvalue weighted by molar-refractivity contribution is 6.07. The molecule has 5 N–H and O–H groups in total. The number of nitrogens with one attached hydrogen (secondary N) is 4. The highest BCUT2D eigenvalue weighted by atomic mass is 16.4. The molecule has 1 aliphatic carbocycles. The van der Waals surface area contributed by atoms with Gasteiger partial charge in [-0.2, -0.15) is 0 Å². The molecule has 1 aliphatic heterocycles. The van der Waals surface area contributed by atoms with Gasteiger partial charge in [0.15, 0.2) is 0 Å². The zero-order valence-corrected chi connectivity index (χ0v) is 21.7. The molecule has 0 spiro atoms. The Balaban J connectivity index is 1.24. The molecule has 2 aliphatic rings. The van der Waals surface area contributed by atoms with Gasteiger partial charge in [0, 0.05) is 12.6 Å². The van der Waals surface area contributed by atoms with Crippen molar-refractivity contribution in [2.75, 3.05) is 0 Å². The third-order valence-electron chi connectivity index (χ3n) is 7.36. The lowest BCUT2D eigenvalue weighted by molar-refractivity contribution is -0.123. The summed E-state index contributed by atoms with van der Waals surface area (Å²) in [5, 5.41) is 19.9. The first-order valence-electron chi connectivity index (χ1n) is 12.6. The second-order valence-electron chi connectivity index (χ2n) is 9.88. The van der Waals surface area contributed by atoms with E-state index in [1.54, 1.807) is 50.2 Å². The van der Waals surface area contributed by atoms with Crippen LogP contribution in [0.25, 0.3) is 0 Å². The second-order valence-corrected chi connectivity index (χ2v) is 9.88. The molecule has 1 unspecified atom stereocenters. The van der Waals surface area contributed by atoms with Crippen molar-refractivity contribution in [2.45, 2.75) is 44.8 Å². The first kappa shape index (κ1) is 26.5. The zero-order valence-electron chi connectivity index (χ0n) is 21.7. The number of hydrogen-bond acceptors (Lipinski definition) is 7. The van der Waals surface area contributed by atoms with E-state index < -0.39 is 35.3 Å². The van der Waals surface area contributed by atoms with Crippen LogP contribution in [0.2, 0.25) is 0 Å². The van der Waals surface area contributed by atoms with E-state index in [9.17, 15) is 29.1 Å². The van der Waals surface area contributed by atoms with E-state index >= 15 is 0 Å². The standard InChI is InChI=1S/C28H26N6O6/c1-14-17-8-9-20(19(17)7-6-18(14)25(37)38)32-24(36)22-11-21(30-13-31-22)23(35)29-12-15-4-3-5-16(10-15)28(2)26(39)33-27(40)34-28/h3-7,10-11,13,20H,8-9,12H2,1-2H3,(H,29,35)(H,32,36)(H,37,38)(H2,33,34,39,40)/t20-,28?/m0/s1. The van der Waals surface area contributed by atoms with Gasteiger partial charge in [0.05, 0.1) is 11.6 Å². The Bertz CT molecular complexity index is 1590. The predicted molar refractivity (Wildman–Crippen MR) is 140 cm³/mol. The number of fused-ring (bicyclic) bond motifs is 1. The highest BCUT2D eigenvalue weighted by Gasteiger charge is 2.43. The van der Waals surface area contributed by atoms with Crippen LogP contribution in [-0.4, -0.2) is 44.8 Å². The Hall–Kier alpha value is -5.13. The molecule has 0 saturated carbocycles. The minimum Gasteiger partial charge on any atom is -0.478 e. The molecular weight excluding hydrogens is 516 g/mol. The van der Waals surface area contributed by atoms with E-state index in [0.29, 0.717) is 29.5 Å². The number of benzene rings is 2. The lowest BCUT2D eigenvalue weighted by atomic mass is 9.91. The molecule has 0 radical (unpaired) electrons. The quantitative estimate of drug-likeness (QED) is 0.281. The molecule has 2 atom stereocenters. The minimum absolute atomic E-state index is 0.000494. The van der Waals surface area contributed by atoms with Gasteiger partial charge < -0.3 is 21.1 Å². The summed E-state index contributed by atoms with van der Waals surface area (Å²) in [6.07, 6.45) is 2.40. The average molecular weight is 543 g/mol. The maximum absolute atomic E-state index is 13.0.